The van der Waals surface area contributed by atoms with Gasteiger partial charge in [-0.15, -0.1) is 0 Å². The van der Waals surface area contributed by atoms with Crippen LogP contribution in [0.5, 0.6) is 0 Å². The molecule has 1 amide bonds. The third-order valence-corrected chi connectivity index (χ3v) is 11.6. The fourth-order valence-corrected chi connectivity index (χ4v) is 8.55. The monoisotopic (exact) mass is 725 g/mol. The van der Waals surface area contributed by atoms with E-state index in [-0.39, 0.29) is 23.8 Å². The van der Waals surface area contributed by atoms with Crippen LogP contribution in [0.25, 0.3) is 10.9 Å². The predicted molar refractivity (Wildman–Crippen MR) is 204 cm³/mol. The maximum Gasteiger partial charge on any atom is 0.254 e. The molecule has 53 heavy (non-hydrogen) atoms. The van der Waals surface area contributed by atoms with Crippen LogP contribution in [0.1, 0.15) is 79.9 Å². The van der Waals surface area contributed by atoms with Crippen LogP contribution in [0, 0.1) is 5.82 Å². The number of fused-ring (bicyclic) bond motifs is 2. The van der Waals surface area contributed by atoms with Crippen LogP contribution in [-0.2, 0) is 17.8 Å². The first kappa shape index (κ1) is 35.6. The summed E-state index contributed by atoms with van der Waals surface area (Å²) in [4.78, 5) is 36.1. The number of hydrogen-bond acceptors (Lipinski definition) is 11. The Morgan fingerprint density at radius 3 is 2.57 bits per heavy atom. The molecule has 2 N–H and O–H groups in total. The minimum Gasteiger partial charge on any atom is -0.381 e. The van der Waals surface area contributed by atoms with Gasteiger partial charge in [0.2, 0.25) is 5.95 Å². The number of carbonyl (C=O) groups excluding carboxylic acids is 1. The molecule has 1 atom stereocenters. The maximum atomic E-state index is 15.4. The number of carbonyl (C=O) groups is 1. The average molecular weight is 726 g/mol. The van der Waals surface area contributed by atoms with Crippen molar-refractivity contribution in [3.05, 3.63) is 59.2 Å². The molecule has 8 rings (SSSR count). The number of amides is 1. The summed E-state index contributed by atoms with van der Waals surface area (Å²) in [6.07, 6.45) is 9.85. The van der Waals surface area contributed by atoms with E-state index in [1.165, 1.54) is 6.07 Å². The predicted octanol–water partition coefficient (Wildman–Crippen LogP) is 5.11. The van der Waals surface area contributed by atoms with Gasteiger partial charge >= 0.3 is 0 Å². The van der Waals surface area contributed by atoms with E-state index in [0.29, 0.717) is 53.9 Å². The Bertz CT molecular complexity index is 1930. The Morgan fingerprint density at radius 1 is 1.04 bits per heavy atom. The number of piperidine rings is 3. The molecule has 0 radical (unpaired) electrons. The van der Waals surface area contributed by atoms with Crippen LogP contribution in [0.2, 0.25) is 0 Å². The fourth-order valence-electron chi connectivity index (χ4n) is 8.55. The van der Waals surface area contributed by atoms with Crippen molar-refractivity contribution in [1.29, 1.82) is 0 Å². The van der Waals surface area contributed by atoms with E-state index in [9.17, 15) is 4.79 Å². The van der Waals surface area contributed by atoms with Gasteiger partial charge in [0.25, 0.3) is 5.91 Å². The molecule has 0 spiro atoms. The van der Waals surface area contributed by atoms with E-state index in [1.807, 2.05) is 23.2 Å². The second kappa shape index (κ2) is 15.2. The van der Waals surface area contributed by atoms with E-state index in [4.69, 9.17) is 19.8 Å². The maximum absolute atomic E-state index is 15.4. The molecule has 3 fully saturated rings. The average Bonchev–Trinajstić information content (AvgIpc) is 3.72. The lowest BCUT2D eigenvalue weighted by molar-refractivity contribution is 0.0674. The largest absolute Gasteiger partial charge is 0.381 e. The number of nitrogens with one attached hydrogen (secondary N) is 2. The lowest BCUT2D eigenvalue weighted by Gasteiger charge is -2.37. The van der Waals surface area contributed by atoms with Crippen LogP contribution in [0.15, 0.2) is 36.7 Å². The van der Waals surface area contributed by atoms with Crippen molar-refractivity contribution in [2.75, 3.05) is 68.5 Å². The molecular weight excluding hydrogens is 674 g/mol. The van der Waals surface area contributed by atoms with Gasteiger partial charge < -0.3 is 30.1 Å². The molecule has 3 saturated heterocycles. The van der Waals surface area contributed by atoms with E-state index in [0.717, 1.165) is 100 Å². The topological polar surface area (TPSA) is 120 Å². The zero-order valence-corrected chi connectivity index (χ0v) is 31.4. The van der Waals surface area contributed by atoms with E-state index in [1.54, 1.807) is 13.3 Å². The smallest absolute Gasteiger partial charge is 0.254 e. The number of halogens is 1. The number of methoxy groups -OCH3 is 1. The molecule has 282 valence electrons. The summed E-state index contributed by atoms with van der Waals surface area (Å²) in [5.74, 6) is 2.73. The molecule has 1 aromatic carbocycles. The first-order chi connectivity index (χ1) is 25.7. The van der Waals surface area contributed by atoms with Gasteiger partial charge in [-0.05, 0) is 89.7 Å². The molecule has 0 bridgehead atoms. The lowest BCUT2D eigenvalue weighted by atomic mass is 10.0. The van der Waals surface area contributed by atoms with Gasteiger partial charge in [-0.1, -0.05) is 0 Å². The number of anilines is 4. The Hall–Kier alpha value is -4.40. The quantitative estimate of drug-likeness (QED) is 0.227. The van der Waals surface area contributed by atoms with Crippen molar-refractivity contribution in [2.24, 2.45) is 0 Å². The first-order valence-electron chi connectivity index (χ1n) is 19.3. The Kier molecular flexibility index (Phi) is 10.2. The number of aromatic nitrogens is 5. The zero-order chi connectivity index (χ0) is 36.6. The molecule has 7 heterocycles. The molecular formula is C39H52FN11O2. The number of hydrogen-bond donors (Lipinski definition) is 2. The summed E-state index contributed by atoms with van der Waals surface area (Å²) in [5.41, 5.74) is 3.15. The van der Waals surface area contributed by atoms with Crippen molar-refractivity contribution in [2.45, 2.75) is 89.7 Å². The van der Waals surface area contributed by atoms with E-state index in [2.05, 4.69) is 62.0 Å². The SMILES string of the molecule is COC1CCN(c2nccc(Nc3cc4c(cn3)c(N3CCC(N(C)Cc5cc6c(cc5F)C(=O)N(C5CCCNC5)C6)CC3)nn4C(C)C)n2)CC1. The lowest BCUT2D eigenvalue weighted by Crippen LogP contribution is -2.46. The minimum atomic E-state index is -0.292. The molecule has 14 heteroatoms. The summed E-state index contributed by atoms with van der Waals surface area (Å²) < 4.78 is 23.0. The highest BCUT2D eigenvalue weighted by atomic mass is 19.1. The van der Waals surface area contributed by atoms with Gasteiger partial charge in [0.05, 0.1) is 17.0 Å². The van der Waals surface area contributed by atoms with Gasteiger partial charge in [0.15, 0.2) is 5.82 Å². The summed E-state index contributed by atoms with van der Waals surface area (Å²) in [5, 5.41) is 12.9. The molecule has 3 aromatic heterocycles. The molecule has 1 unspecified atom stereocenters. The molecule has 0 aliphatic carbocycles. The first-order valence-corrected chi connectivity index (χ1v) is 19.3. The van der Waals surface area contributed by atoms with Crippen molar-refractivity contribution in [3.8, 4) is 0 Å². The third kappa shape index (κ3) is 7.28. The van der Waals surface area contributed by atoms with Gasteiger partial charge in [-0.2, -0.15) is 10.1 Å². The van der Waals surface area contributed by atoms with E-state index >= 15 is 4.39 Å². The molecule has 4 aliphatic rings. The number of rotatable bonds is 10. The molecule has 4 aliphatic heterocycles. The van der Waals surface area contributed by atoms with Gasteiger partial charge in [-0.3, -0.25) is 14.4 Å². The van der Waals surface area contributed by atoms with Gasteiger partial charge in [0.1, 0.15) is 17.5 Å². The van der Waals surface area contributed by atoms with Crippen LogP contribution < -0.4 is 20.4 Å². The Balaban J connectivity index is 0.917. The highest BCUT2D eigenvalue weighted by molar-refractivity contribution is 5.98. The number of ether oxygens (including phenoxy) is 1. The normalized spacial score (nSPS) is 20.3. The second-order valence-electron chi connectivity index (χ2n) is 15.4. The Labute approximate surface area is 310 Å². The molecule has 13 nitrogen and oxygen atoms in total. The van der Waals surface area contributed by atoms with Gasteiger partial charge in [-0.25, -0.2) is 14.4 Å². The number of benzene rings is 1. The summed E-state index contributed by atoms with van der Waals surface area (Å²) >= 11 is 0. The van der Waals surface area contributed by atoms with Crippen molar-refractivity contribution < 1.29 is 13.9 Å². The van der Waals surface area contributed by atoms with Crippen LogP contribution in [0.3, 0.4) is 0 Å². The zero-order valence-electron chi connectivity index (χ0n) is 31.4. The molecule has 0 saturated carbocycles. The number of pyridine rings is 1. The minimum absolute atomic E-state index is 0.0378. The Morgan fingerprint density at radius 2 is 1.83 bits per heavy atom. The highest BCUT2D eigenvalue weighted by Crippen LogP contribution is 2.34. The van der Waals surface area contributed by atoms with Crippen molar-refractivity contribution in [1.82, 2.24) is 39.8 Å². The van der Waals surface area contributed by atoms with Gasteiger partial charge in [0, 0.05) is 101 Å². The van der Waals surface area contributed by atoms with Crippen molar-refractivity contribution >= 4 is 40.2 Å². The third-order valence-electron chi connectivity index (χ3n) is 11.6. The van der Waals surface area contributed by atoms with Crippen LogP contribution in [0.4, 0.5) is 27.8 Å². The number of nitrogens with zero attached hydrogens (tertiary/aromatic N) is 9. The molecule has 4 aromatic rings. The summed E-state index contributed by atoms with van der Waals surface area (Å²) in [7, 11) is 3.86. The van der Waals surface area contributed by atoms with Crippen molar-refractivity contribution in [3.63, 3.8) is 0 Å². The van der Waals surface area contributed by atoms with Crippen LogP contribution in [-0.4, -0.2) is 112 Å². The van der Waals surface area contributed by atoms with E-state index < -0.39 is 0 Å². The fraction of sp³-hybridized carbons (Fsp3) is 0.564. The summed E-state index contributed by atoms with van der Waals surface area (Å²) in [6.45, 7) is 10.6. The highest BCUT2D eigenvalue weighted by Gasteiger charge is 2.35. The second-order valence-corrected chi connectivity index (χ2v) is 15.4. The van der Waals surface area contributed by atoms with Crippen LogP contribution >= 0.6 is 0 Å². The summed E-state index contributed by atoms with van der Waals surface area (Å²) in [6, 6.07) is 7.98. The standard InChI is InChI=1S/C39H52FN11O2/c1-25(2)51-34-20-36(44-35-7-13-42-39(45-35)49-16-10-30(53-4)11-17-49)43-22-32(34)37(46-51)48-14-8-28(9-15-48)47(3)23-27-18-26-24-50(29-6-5-12-41-21-29)38(52)31(26)19-33(27)40/h7,13,18-20,22,25,28-30,41H,5-6,8-12,14-17,21,23-24H2,1-4H3,(H,42,43,44,45).